The van der Waals surface area contributed by atoms with Gasteiger partial charge >= 0.3 is 6.03 Å². The van der Waals surface area contributed by atoms with E-state index >= 15 is 0 Å². The number of hydrogen-bond donors (Lipinski definition) is 6. The van der Waals surface area contributed by atoms with Crippen LogP contribution in [-0.4, -0.2) is 17.7 Å². The number of benzene rings is 2. The molecule has 0 bridgehead atoms. The third kappa shape index (κ3) is 4.61. The first-order valence-electron chi connectivity index (χ1n) is 6.62. The Hall–Kier alpha value is -2.77. The summed E-state index contributed by atoms with van der Waals surface area (Å²) in [7, 11) is 0. The third-order valence-electron chi connectivity index (χ3n) is 2.93. The van der Waals surface area contributed by atoms with Crippen LogP contribution in [0.4, 0.5) is 16.2 Å². The Morgan fingerprint density at radius 1 is 0.792 bits per heavy atom. The van der Waals surface area contributed by atoms with Crippen molar-refractivity contribution in [1.29, 1.82) is 10.8 Å². The number of anilines is 2. The topological polar surface area (TPSA) is 141 Å². The lowest BCUT2D eigenvalue weighted by Crippen LogP contribution is -2.20. The van der Waals surface area contributed by atoms with Crippen molar-refractivity contribution in [3.05, 3.63) is 57.6 Å². The van der Waals surface area contributed by atoms with Gasteiger partial charge in [-0.25, -0.2) is 4.79 Å². The Kier molecular flexibility index (Phi) is 5.28. The second-order valence-electron chi connectivity index (χ2n) is 4.86. The summed E-state index contributed by atoms with van der Waals surface area (Å²) in [4.78, 5) is 12.1. The maximum absolute atomic E-state index is 12.1. The second-order valence-corrected chi connectivity index (χ2v) is 5.74. The second kappa shape index (κ2) is 7.20. The first-order chi connectivity index (χ1) is 11.2. The molecular formula is C15H14Cl2N6O. The molecule has 0 saturated carbocycles. The van der Waals surface area contributed by atoms with Gasteiger partial charge in [0.15, 0.2) is 0 Å². The summed E-state index contributed by atoms with van der Waals surface area (Å²) in [5.41, 5.74) is 12.4. The van der Waals surface area contributed by atoms with Crippen molar-refractivity contribution in [2.75, 3.05) is 10.6 Å². The number of carbonyl (C=O) groups is 1. The Balaban J connectivity index is 2.17. The minimum Gasteiger partial charge on any atom is -0.384 e. The molecule has 7 nitrogen and oxygen atoms in total. The highest BCUT2D eigenvalue weighted by molar-refractivity contribution is 6.32. The highest BCUT2D eigenvalue weighted by Gasteiger charge is 2.08. The van der Waals surface area contributed by atoms with Crippen molar-refractivity contribution in [1.82, 2.24) is 0 Å². The number of urea groups is 1. The highest BCUT2D eigenvalue weighted by atomic mass is 35.5. The number of hydrogen-bond acceptors (Lipinski definition) is 3. The summed E-state index contributed by atoms with van der Waals surface area (Å²) in [5.74, 6) is -0.330. The van der Waals surface area contributed by atoms with E-state index in [2.05, 4.69) is 10.6 Å². The van der Waals surface area contributed by atoms with E-state index in [9.17, 15) is 4.79 Å². The van der Waals surface area contributed by atoms with Crippen LogP contribution in [0.25, 0.3) is 0 Å². The van der Waals surface area contributed by atoms with Gasteiger partial charge in [0.1, 0.15) is 11.7 Å². The minimum atomic E-state index is -0.552. The van der Waals surface area contributed by atoms with Crippen LogP contribution >= 0.6 is 23.2 Å². The van der Waals surface area contributed by atoms with Gasteiger partial charge in [0.2, 0.25) is 0 Å². The molecule has 0 heterocycles. The standard InChI is InChI=1S/C15H14Cl2N6O/c16-9-1-7(13(18)19)3-11(5-9)22-15(24)23-12-4-8(14(20)21)2-10(17)6-12/h1-6H,(H3,18,19)(H3,20,21)(H2,22,23,24). The van der Waals surface area contributed by atoms with E-state index in [0.29, 0.717) is 32.5 Å². The number of amides is 2. The summed E-state index contributed by atoms with van der Waals surface area (Å²) in [6.45, 7) is 0. The molecule has 0 aliphatic carbocycles. The fourth-order valence-corrected chi connectivity index (χ4v) is 2.40. The zero-order chi connectivity index (χ0) is 17.9. The van der Waals surface area contributed by atoms with Crippen LogP contribution in [-0.2, 0) is 0 Å². The molecule has 124 valence electrons. The maximum atomic E-state index is 12.1. The summed E-state index contributed by atoms with van der Waals surface area (Å²) in [5, 5.41) is 20.7. The Morgan fingerprint density at radius 2 is 1.17 bits per heavy atom. The zero-order valence-electron chi connectivity index (χ0n) is 12.3. The Labute approximate surface area is 148 Å². The number of nitrogens with two attached hydrogens (primary N) is 2. The fourth-order valence-electron chi connectivity index (χ4n) is 1.93. The molecule has 0 aliphatic rings. The fraction of sp³-hybridized carbons (Fsp3) is 0. The van der Waals surface area contributed by atoms with Gasteiger partial charge in [-0.3, -0.25) is 10.8 Å². The molecule has 0 spiro atoms. The molecule has 0 saturated heterocycles. The molecule has 8 N–H and O–H groups in total. The molecule has 24 heavy (non-hydrogen) atoms. The van der Waals surface area contributed by atoms with E-state index in [1.165, 1.54) is 36.4 Å². The number of nitrogens with one attached hydrogen (secondary N) is 4. The van der Waals surface area contributed by atoms with Crippen molar-refractivity contribution in [2.45, 2.75) is 0 Å². The molecule has 0 aromatic heterocycles. The normalized spacial score (nSPS) is 10.1. The predicted molar refractivity (Wildman–Crippen MR) is 97.6 cm³/mol. The average molecular weight is 365 g/mol. The number of rotatable bonds is 4. The van der Waals surface area contributed by atoms with Gasteiger partial charge in [0.25, 0.3) is 0 Å². The maximum Gasteiger partial charge on any atom is 0.323 e. The van der Waals surface area contributed by atoms with Crippen LogP contribution in [0, 0.1) is 10.8 Å². The van der Waals surface area contributed by atoms with Crippen molar-refractivity contribution >= 4 is 52.3 Å². The van der Waals surface area contributed by atoms with Gasteiger partial charge in [-0.2, -0.15) is 0 Å². The van der Waals surface area contributed by atoms with Crippen LogP contribution in [0.5, 0.6) is 0 Å². The van der Waals surface area contributed by atoms with Gasteiger partial charge < -0.3 is 22.1 Å². The molecule has 2 rings (SSSR count). The first-order valence-corrected chi connectivity index (χ1v) is 7.38. The molecule has 9 heteroatoms. The van der Waals surface area contributed by atoms with Gasteiger partial charge in [-0.1, -0.05) is 23.2 Å². The molecule has 2 aromatic rings. The SMILES string of the molecule is N=C(N)c1cc(Cl)cc(NC(=O)Nc2cc(Cl)cc(C(=N)N)c2)c1. The van der Waals surface area contributed by atoms with Crippen molar-refractivity contribution in [2.24, 2.45) is 11.5 Å². The van der Waals surface area contributed by atoms with Crippen LogP contribution in [0.15, 0.2) is 36.4 Å². The van der Waals surface area contributed by atoms with E-state index in [1.54, 1.807) is 0 Å². The number of nitrogen functional groups attached to an aromatic ring is 2. The van der Waals surface area contributed by atoms with Gasteiger partial charge in [0.05, 0.1) is 0 Å². The molecule has 0 radical (unpaired) electrons. The Morgan fingerprint density at radius 3 is 1.50 bits per heavy atom. The third-order valence-corrected chi connectivity index (χ3v) is 3.37. The number of carbonyl (C=O) groups excluding carboxylic acids is 1. The van der Waals surface area contributed by atoms with Crippen molar-refractivity contribution in [3.8, 4) is 0 Å². The molecule has 2 amide bonds. The van der Waals surface area contributed by atoms with Gasteiger partial charge in [0, 0.05) is 32.5 Å². The largest absolute Gasteiger partial charge is 0.384 e. The van der Waals surface area contributed by atoms with E-state index in [0.717, 1.165) is 0 Å². The smallest absolute Gasteiger partial charge is 0.323 e. The van der Waals surface area contributed by atoms with Gasteiger partial charge in [-0.15, -0.1) is 0 Å². The monoisotopic (exact) mass is 364 g/mol. The Bertz CT molecular complexity index is 769. The van der Waals surface area contributed by atoms with Crippen LogP contribution in [0.2, 0.25) is 10.0 Å². The summed E-state index contributed by atoms with van der Waals surface area (Å²) in [6, 6.07) is 8.56. The predicted octanol–water partition coefficient (Wildman–Crippen LogP) is 3.21. The first kappa shape index (κ1) is 17.6. The van der Waals surface area contributed by atoms with Crippen LogP contribution < -0.4 is 22.1 Å². The lowest BCUT2D eigenvalue weighted by atomic mass is 10.2. The average Bonchev–Trinajstić information content (AvgIpc) is 2.45. The summed E-state index contributed by atoms with van der Waals surface area (Å²) >= 11 is 11.9. The molecule has 0 fully saturated rings. The summed E-state index contributed by atoms with van der Waals surface area (Å²) in [6.07, 6.45) is 0. The van der Waals surface area contributed by atoms with Gasteiger partial charge in [-0.05, 0) is 36.4 Å². The zero-order valence-corrected chi connectivity index (χ0v) is 13.8. The molecular weight excluding hydrogens is 351 g/mol. The molecule has 0 aliphatic heterocycles. The van der Waals surface area contributed by atoms with Crippen molar-refractivity contribution in [3.63, 3.8) is 0 Å². The van der Waals surface area contributed by atoms with Crippen molar-refractivity contribution < 1.29 is 4.79 Å². The minimum absolute atomic E-state index is 0.165. The lowest BCUT2D eigenvalue weighted by Gasteiger charge is -2.11. The van der Waals surface area contributed by atoms with E-state index < -0.39 is 6.03 Å². The van der Waals surface area contributed by atoms with Crippen LogP contribution in [0.3, 0.4) is 0 Å². The quantitative estimate of drug-likeness (QED) is 0.366. The molecule has 0 unspecified atom stereocenters. The number of halogens is 2. The number of amidine groups is 2. The van der Waals surface area contributed by atoms with E-state index in [-0.39, 0.29) is 11.7 Å². The van der Waals surface area contributed by atoms with E-state index in [1.807, 2.05) is 0 Å². The molecule has 0 atom stereocenters. The highest BCUT2D eigenvalue weighted by Crippen LogP contribution is 2.21. The summed E-state index contributed by atoms with van der Waals surface area (Å²) < 4.78 is 0. The molecule has 2 aromatic carbocycles. The lowest BCUT2D eigenvalue weighted by molar-refractivity contribution is 0.262. The van der Waals surface area contributed by atoms with Crippen LogP contribution in [0.1, 0.15) is 11.1 Å². The van der Waals surface area contributed by atoms with E-state index in [4.69, 9.17) is 45.5 Å².